The van der Waals surface area contributed by atoms with Crippen LogP contribution in [0.4, 0.5) is 11.4 Å². The van der Waals surface area contributed by atoms with Crippen molar-refractivity contribution < 1.29 is 23.6 Å². The molecule has 0 spiro atoms. The smallest absolute Gasteiger partial charge is 0.290 e. The highest BCUT2D eigenvalue weighted by Gasteiger charge is 2.26. The van der Waals surface area contributed by atoms with E-state index in [1.165, 1.54) is 5.56 Å². The lowest BCUT2D eigenvalue weighted by Gasteiger charge is -2.30. The van der Waals surface area contributed by atoms with Crippen LogP contribution >= 0.6 is 0 Å². The lowest BCUT2D eigenvalue weighted by molar-refractivity contribution is -0.122. The molecule has 0 amide bonds. The van der Waals surface area contributed by atoms with E-state index in [1.807, 2.05) is 36.4 Å². The third-order valence-corrected chi connectivity index (χ3v) is 8.45. The van der Waals surface area contributed by atoms with E-state index in [4.69, 9.17) is 25.1 Å². The predicted octanol–water partition coefficient (Wildman–Crippen LogP) is 7.74. The first-order chi connectivity index (χ1) is 19.9. The number of nitrogens with one attached hydrogen (secondary N) is 1. The fraction of sp³-hybridized carbons (Fsp3) is 0.324. The van der Waals surface area contributed by atoms with Crippen molar-refractivity contribution in [2.75, 3.05) is 17.1 Å². The number of nitrogen functional groups attached to an aromatic ring is 1. The molecule has 222 valence electrons. The largest absolute Gasteiger partial charge is 0.493 e. The summed E-state index contributed by atoms with van der Waals surface area (Å²) >= 11 is 0. The van der Waals surface area contributed by atoms with Gasteiger partial charge in [-0.15, -0.1) is 0 Å². The van der Waals surface area contributed by atoms with Crippen LogP contribution in [0.25, 0.3) is 21.9 Å². The lowest BCUT2D eigenvalue weighted by atomic mass is 9.87. The lowest BCUT2D eigenvalue weighted by Crippen LogP contribution is -2.22. The second-order valence-electron chi connectivity index (χ2n) is 11.5. The SMILES string of the molecule is Cc1cc(NS(=O)c2cccc3c(N)cccc23)c(C)c(C(C)OC(C)(C)C)c1-c1ccc2c(c1)CCCO2.O=CO. The molecule has 4 aromatic rings. The number of ether oxygens (including phenoxy) is 2. The Morgan fingerprint density at radius 3 is 2.48 bits per heavy atom. The van der Waals surface area contributed by atoms with E-state index >= 15 is 0 Å². The van der Waals surface area contributed by atoms with Crippen molar-refractivity contribution in [1.82, 2.24) is 0 Å². The number of aryl methyl sites for hydroxylation is 2. The molecule has 0 aliphatic carbocycles. The molecule has 42 heavy (non-hydrogen) atoms. The van der Waals surface area contributed by atoms with Crippen LogP contribution < -0.4 is 15.2 Å². The Balaban J connectivity index is 0.00000129. The van der Waals surface area contributed by atoms with Gasteiger partial charge in [-0.25, -0.2) is 4.21 Å². The number of carbonyl (C=O) groups is 1. The molecule has 5 rings (SSSR count). The Labute approximate surface area is 250 Å². The first kappa shape index (κ1) is 31.1. The molecule has 0 saturated carbocycles. The van der Waals surface area contributed by atoms with E-state index in [1.54, 1.807) is 0 Å². The summed E-state index contributed by atoms with van der Waals surface area (Å²) in [6.07, 6.45) is 1.86. The molecule has 7 nitrogen and oxygen atoms in total. The van der Waals surface area contributed by atoms with Crippen molar-refractivity contribution in [3.8, 4) is 16.9 Å². The Kier molecular flexibility index (Phi) is 9.59. The number of anilines is 2. The summed E-state index contributed by atoms with van der Waals surface area (Å²) in [6.45, 7) is 13.0. The van der Waals surface area contributed by atoms with Gasteiger partial charge >= 0.3 is 0 Å². The molecule has 0 bridgehead atoms. The van der Waals surface area contributed by atoms with Crippen molar-refractivity contribution in [3.05, 3.63) is 82.9 Å². The van der Waals surface area contributed by atoms with E-state index < -0.39 is 11.0 Å². The van der Waals surface area contributed by atoms with Crippen LogP contribution in [0.1, 0.15) is 62.5 Å². The topological polar surface area (TPSA) is 111 Å². The number of carboxylic acid groups (broad SMARTS) is 1. The van der Waals surface area contributed by atoms with Crippen molar-refractivity contribution in [2.45, 2.75) is 71.0 Å². The van der Waals surface area contributed by atoms with Gasteiger partial charge in [0.25, 0.3) is 6.47 Å². The van der Waals surface area contributed by atoms with Crippen molar-refractivity contribution >= 4 is 39.6 Å². The molecule has 0 radical (unpaired) electrons. The molecule has 1 aliphatic heterocycles. The van der Waals surface area contributed by atoms with Gasteiger partial charge in [-0.2, -0.15) is 0 Å². The molecule has 4 N–H and O–H groups in total. The predicted molar refractivity (Wildman–Crippen MR) is 172 cm³/mol. The van der Waals surface area contributed by atoms with Gasteiger partial charge < -0.3 is 25.0 Å². The Bertz CT molecular complexity index is 1630. The monoisotopic (exact) mass is 588 g/mol. The van der Waals surface area contributed by atoms with Gasteiger partial charge in [-0.3, -0.25) is 4.79 Å². The van der Waals surface area contributed by atoms with E-state index in [0.717, 1.165) is 69.5 Å². The third-order valence-electron chi connectivity index (χ3n) is 7.28. The van der Waals surface area contributed by atoms with Gasteiger partial charge in [0, 0.05) is 16.5 Å². The van der Waals surface area contributed by atoms with Crippen LogP contribution in [0.3, 0.4) is 0 Å². The molecule has 0 saturated heterocycles. The quantitative estimate of drug-likeness (QED) is 0.157. The first-order valence-electron chi connectivity index (χ1n) is 14.1. The summed E-state index contributed by atoms with van der Waals surface area (Å²) in [5, 5.41) is 8.67. The second kappa shape index (κ2) is 13.0. The van der Waals surface area contributed by atoms with Crippen LogP contribution in [0, 0.1) is 13.8 Å². The van der Waals surface area contributed by atoms with Gasteiger partial charge in [0.05, 0.1) is 28.9 Å². The molecule has 2 atom stereocenters. The standard InChI is InChI=1S/C33H38N2O3S.CH2O2/c1-20-18-28(35-39(36)30-14-8-11-25-26(30)12-7-13-27(25)34)21(2)32(22(3)38-33(4,5)6)31(20)24-15-16-29-23(19-24)10-9-17-37-29;2-1-3/h7-8,11-16,18-19,22,35H,9-10,17,34H2,1-6H3;1H,(H,2,3). The van der Waals surface area contributed by atoms with E-state index in [2.05, 4.69) is 70.5 Å². The van der Waals surface area contributed by atoms with E-state index in [0.29, 0.717) is 10.6 Å². The maximum Gasteiger partial charge on any atom is 0.290 e. The average molecular weight is 589 g/mol. The molecule has 1 aliphatic rings. The second-order valence-corrected chi connectivity index (χ2v) is 12.7. The fourth-order valence-corrected chi connectivity index (χ4v) is 6.77. The molecular formula is C34H40N2O5S. The number of hydrogen-bond donors (Lipinski definition) is 3. The van der Waals surface area contributed by atoms with Crippen molar-refractivity contribution in [1.29, 1.82) is 0 Å². The van der Waals surface area contributed by atoms with Crippen LogP contribution in [0.5, 0.6) is 5.75 Å². The highest BCUT2D eigenvalue weighted by Crippen LogP contribution is 2.42. The number of nitrogens with two attached hydrogens (primary N) is 1. The normalized spacial score (nSPS) is 14.1. The number of benzene rings is 4. The highest BCUT2D eigenvalue weighted by atomic mass is 32.2. The summed E-state index contributed by atoms with van der Waals surface area (Å²) < 4.78 is 29.4. The first-order valence-corrected chi connectivity index (χ1v) is 15.2. The summed E-state index contributed by atoms with van der Waals surface area (Å²) in [4.78, 5) is 9.07. The Morgan fingerprint density at radius 1 is 1.07 bits per heavy atom. The number of rotatable bonds is 6. The third kappa shape index (κ3) is 6.77. The van der Waals surface area contributed by atoms with E-state index in [9.17, 15) is 4.21 Å². The van der Waals surface area contributed by atoms with Gasteiger partial charge in [-0.1, -0.05) is 30.3 Å². The highest BCUT2D eigenvalue weighted by molar-refractivity contribution is 7.86. The average Bonchev–Trinajstić information content (AvgIpc) is 2.93. The zero-order valence-electron chi connectivity index (χ0n) is 25.1. The molecule has 1 heterocycles. The molecule has 0 fully saturated rings. The molecule has 0 aromatic heterocycles. The van der Waals surface area contributed by atoms with E-state index in [-0.39, 0.29) is 18.2 Å². The van der Waals surface area contributed by atoms with Gasteiger partial charge in [-0.05, 0) is 118 Å². The van der Waals surface area contributed by atoms with Gasteiger partial charge in [0.15, 0.2) is 11.0 Å². The molecule has 8 heteroatoms. The minimum absolute atomic E-state index is 0.182. The Morgan fingerprint density at radius 2 is 1.76 bits per heavy atom. The minimum Gasteiger partial charge on any atom is -0.493 e. The zero-order valence-corrected chi connectivity index (χ0v) is 25.9. The van der Waals surface area contributed by atoms with Crippen LogP contribution in [0.15, 0.2) is 65.6 Å². The van der Waals surface area contributed by atoms with Gasteiger partial charge in [0.2, 0.25) is 0 Å². The van der Waals surface area contributed by atoms with Crippen LogP contribution in [-0.2, 0) is 26.9 Å². The summed E-state index contributed by atoms with van der Waals surface area (Å²) in [7, 11) is -1.49. The summed E-state index contributed by atoms with van der Waals surface area (Å²) in [6, 6.07) is 20.1. The molecule has 2 unspecified atom stereocenters. The van der Waals surface area contributed by atoms with Gasteiger partial charge in [0.1, 0.15) is 5.75 Å². The van der Waals surface area contributed by atoms with Crippen molar-refractivity contribution in [2.24, 2.45) is 0 Å². The minimum atomic E-state index is -1.49. The summed E-state index contributed by atoms with van der Waals surface area (Å²) in [5.41, 5.74) is 14.1. The molecule has 4 aromatic carbocycles. The maximum atomic E-state index is 13.7. The Hall–Kier alpha value is -3.88. The molecular weight excluding hydrogens is 548 g/mol. The van der Waals surface area contributed by atoms with Crippen molar-refractivity contribution in [3.63, 3.8) is 0 Å². The fourth-order valence-electron chi connectivity index (χ4n) is 5.67. The van der Waals surface area contributed by atoms with Crippen LogP contribution in [0.2, 0.25) is 0 Å². The van der Waals surface area contributed by atoms with Crippen LogP contribution in [-0.4, -0.2) is 28.0 Å². The maximum absolute atomic E-state index is 13.7. The number of fused-ring (bicyclic) bond motifs is 2. The summed E-state index contributed by atoms with van der Waals surface area (Å²) in [5.74, 6) is 0.976. The zero-order chi connectivity index (χ0) is 30.6. The number of hydrogen-bond acceptors (Lipinski definition) is 5.